The molecule has 0 spiro atoms. The fourth-order valence-corrected chi connectivity index (χ4v) is 11.9. The predicted octanol–water partition coefficient (Wildman–Crippen LogP) is 16.5. The third-order valence-electron chi connectivity index (χ3n) is 13.8. The number of rotatable bonds is 6. The van der Waals surface area contributed by atoms with Gasteiger partial charge >= 0.3 is 0 Å². The minimum atomic E-state index is -0.242. The van der Waals surface area contributed by atoms with Crippen LogP contribution in [0.15, 0.2) is 206 Å². The summed E-state index contributed by atoms with van der Waals surface area (Å²) in [5.74, 6) is 0. The minimum absolute atomic E-state index is 0.0897. The first kappa shape index (κ1) is 35.9. The average molecular weight is 798 g/mol. The lowest BCUT2D eigenvalue weighted by Crippen LogP contribution is -2.22. The maximum atomic E-state index is 2.45. The van der Waals surface area contributed by atoms with E-state index in [-0.39, 0.29) is 10.8 Å². The predicted molar refractivity (Wildman–Crippen MR) is 260 cm³/mol. The molecule has 10 aromatic rings. The van der Waals surface area contributed by atoms with Gasteiger partial charge in [-0.05, 0) is 128 Å². The van der Waals surface area contributed by atoms with Gasteiger partial charge in [-0.15, -0.1) is 11.3 Å². The summed E-state index contributed by atoms with van der Waals surface area (Å²) in [5, 5.41) is 2.58. The molecule has 2 aliphatic rings. The van der Waals surface area contributed by atoms with Crippen LogP contribution in [0.25, 0.3) is 64.7 Å². The topological polar surface area (TPSA) is 3.24 Å². The number of hydrogen-bond acceptors (Lipinski definition) is 2. The van der Waals surface area contributed by atoms with Crippen LogP contribution in [-0.4, -0.2) is 0 Å². The Morgan fingerprint density at radius 1 is 0.393 bits per heavy atom. The Morgan fingerprint density at radius 3 is 1.72 bits per heavy atom. The van der Waals surface area contributed by atoms with E-state index in [1.807, 2.05) is 11.3 Å². The Balaban J connectivity index is 0.974. The summed E-state index contributed by atoms with van der Waals surface area (Å²) in [6, 6.07) is 76.8. The SMILES string of the molecule is CC1(C)c2ccccc2-c2cccc(-c3ccc(N(c4ccc(-c5ccc6c(c5)C(C)(c5ccccc5)c5ccccc5-6)cc4)c4cccc5sc6ccccc6c45)cc3)c21. The van der Waals surface area contributed by atoms with E-state index in [2.05, 4.69) is 232 Å². The maximum absolute atomic E-state index is 2.45. The Hall–Kier alpha value is -7.00. The molecule has 1 nitrogen and oxygen atoms in total. The molecule has 0 bridgehead atoms. The highest BCUT2D eigenvalue weighted by Crippen LogP contribution is 2.54. The summed E-state index contributed by atoms with van der Waals surface area (Å²) in [6.07, 6.45) is 0. The lowest BCUT2D eigenvalue weighted by atomic mass is 9.74. The summed E-state index contributed by atoms with van der Waals surface area (Å²) in [7, 11) is 0. The quantitative estimate of drug-likeness (QED) is 0.162. The van der Waals surface area contributed by atoms with Gasteiger partial charge in [-0.2, -0.15) is 0 Å². The van der Waals surface area contributed by atoms with Crippen molar-refractivity contribution in [1.82, 2.24) is 0 Å². The molecule has 0 fully saturated rings. The van der Waals surface area contributed by atoms with Crippen molar-refractivity contribution in [2.45, 2.75) is 31.6 Å². The van der Waals surface area contributed by atoms with Gasteiger partial charge in [-0.1, -0.05) is 172 Å². The maximum Gasteiger partial charge on any atom is 0.0554 e. The van der Waals surface area contributed by atoms with Gasteiger partial charge in [-0.3, -0.25) is 0 Å². The smallest absolute Gasteiger partial charge is 0.0554 e. The number of benzene rings is 9. The third-order valence-corrected chi connectivity index (χ3v) is 14.9. The van der Waals surface area contributed by atoms with Crippen LogP contribution in [0.3, 0.4) is 0 Å². The van der Waals surface area contributed by atoms with E-state index in [0.29, 0.717) is 0 Å². The van der Waals surface area contributed by atoms with Gasteiger partial charge in [-0.25, -0.2) is 0 Å². The average Bonchev–Trinajstić information content (AvgIpc) is 3.91. The van der Waals surface area contributed by atoms with Crippen molar-refractivity contribution in [3.8, 4) is 44.5 Å². The number of hydrogen-bond donors (Lipinski definition) is 0. The van der Waals surface area contributed by atoms with Crippen molar-refractivity contribution in [2.24, 2.45) is 0 Å². The molecule has 1 unspecified atom stereocenters. The molecule has 2 heteroatoms. The van der Waals surface area contributed by atoms with Crippen molar-refractivity contribution in [2.75, 3.05) is 4.90 Å². The molecule has 9 aromatic carbocycles. The van der Waals surface area contributed by atoms with Gasteiger partial charge in [0, 0.05) is 42.4 Å². The Bertz CT molecular complexity index is 3340. The van der Waals surface area contributed by atoms with Gasteiger partial charge in [0.2, 0.25) is 0 Å². The second kappa shape index (κ2) is 13.5. The number of nitrogens with zero attached hydrogens (tertiary/aromatic N) is 1. The normalized spacial score (nSPS) is 15.7. The monoisotopic (exact) mass is 797 g/mol. The van der Waals surface area contributed by atoms with Crippen LogP contribution in [0, 0.1) is 0 Å². The van der Waals surface area contributed by atoms with Crippen molar-refractivity contribution < 1.29 is 0 Å². The lowest BCUT2D eigenvalue weighted by Gasteiger charge is -2.29. The van der Waals surface area contributed by atoms with Gasteiger partial charge < -0.3 is 4.90 Å². The van der Waals surface area contributed by atoms with E-state index in [9.17, 15) is 0 Å². The number of fused-ring (bicyclic) bond motifs is 9. The highest BCUT2D eigenvalue weighted by molar-refractivity contribution is 7.26. The highest BCUT2D eigenvalue weighted by Gasteiger charge is 2.41. The molecular formula is C59H43NS. The molecule has 0 N–H and O–H groups in total. The van der Waals surface area contributed by atoms with Crippen molar-refractivity contribution in [3.63, 3.8) is 0 Å². The summed E-state index contributed by atoms with van der Waals surface area (Å²) in [4.78, 5) is 2.45. The molecule has 290 valence electrons. The summed E-state index contributed by atoms with van der Waals surface area (Å²) < 4.78 is 2.59. The van der Waals surface area contributed by atoms with Gasteiger partial charge in [0.15, 0.2) is 0 Å². The van der Waals surface area contributed by atoms with Crippen LogP contribution in [-0.2, 0) is 10.8 Å². The standard InChI is InChI=1S/C59H43NS/c1-58(2)50-22-10-7-18-46(50)48-21-13-20-44(57(48)58)39-29-34-43(35-30-39)60(53-24-14-26-55-56(53)49-19-9-12-25-54(49)61-55)42-32-27-38(28-33-42)40-31-36-47-45-17-8-11-23-51(45)59(3,52(47)37-40)41-15-5-4-6-16-41/h4-37H,1-3H3. The molecule has 1 atom stereocenters. The molecule has 0 saturated heterocycles. The zero-order chi connectivity index (χ0) is 40.9. The Labute approximate surface area is 361 Å². The van der Waals surface area contributed by atoms with E-state index < -0.39 is 0 Å². The molecule has 0 amide bonds. The van der Waals surface area contributed by atoms with E-state index in [1.165, 1.54) is 98.2 Å². The van der Waals surface area contributed by atoms with Crippen LogP contribution in [0.2, 0.25) is 0 Å². The third kappa shape index (κ3) is 5.32. The zero-order valence-electron chi connectivity index (χ0n) is 34.5. The molecule has 12 rings (SSSR count). The summed E-state index contributed by atoms with van der Waals surface area (Å²) in [5.41, 5.74) is 20.2. The molecule has 1 aromatic heterocycles. The highest BCUT2D eigenvalue weighted by atomic mass is 32.1. The van der Waals surface area contributed by atoms with Crippen LogP contribution in [0.5, 0.6) is 0 Å². The van der Waals surface area contributed by atoms with E-state index >= 15 is 0 Å². The van der Waals surface area contributed by atoms with E-state index in [4.69, 9.17) is 0 Å². The van der Waals surface area contributed by atoms with Gasteiger partial charge in [0.05, 0.1) is 5.69 Å². The van der Waals surface area contributed by atoms with Crippen LogP contribution < -0.4 is 4.90 Å². The molecule has 61 heavy (non-hydrogen) atoms. The van der Waals surface area contributed by atoms with Crippen molar-refractivity contribution in [1.29, 1.82) is 0 Å². The summed E-state index contributed by atoms with van der Waals surface area (Å²) >= 11 is 1.87. The molecule has 1 heterocycles. The summed E-state index contributed by atoms with van der Waals surface area (Å²) in [6.45, 7) is 7.13. The molecular weight excluding hydrogens is 755 g/mol. The second-order valence-corrected chi connectivity index (χ2v) is 18.5. The first-order chi connectivity index (χ1) is 29.9. The second-order valence-electron chi connectivity index (χ2n) is 17.4. The first-order valence-electron chi connectivity index (χ1n) is 21.3. The fourth-order valence-electron chi connectivity index (χ4n) is 10.8. The van der Waals surface area contributed by atoms with Gasteiger partial charge in [0.1, 0.15) is 0 Å². The van der Waals surface area contributed by atoms with Crippen molar-refractivity contribution in [3.05, 3.63) is 234 Å². The fraction of sp³-hybridized carbons (Fsp3) is 0.0847. The molecule has 2 aliphatic carbocycles. The zero-order valence-corrected chi connectivity index (χ0v) is 35.3. The number of anilines is 3. The molecule has 0 saturated carbocycles. The van der Waals surface area contributed by atoms with E-state index in [0.717, 1.165) is 11.4 Å². The first-order valence-corrected chi connectivity index (χ1v) is 22.2. The number of thiophene rings is 1. The van der Waals surface area contributed by atoms with E-state index in [1.54, 1.807) is 0 Å². The van der Waals surface area contributed by atoms with Crippen LogP contribution in [0.4, 0.5) is 17.1 Å². The Kier molecular flexibility index (Phi) is 7.95. The van der Waals surface area contributed by atoms with Crippen LogP contribution in [0.1, 0.15) is 48.6 Å². The van der Waals surface area contributed by atoms with Gasteiger partial charge in [0.25, 0.3) is 0 Å². The molecule has 0 aliphatic heterocycles. The molecule has 0 radical (unpaired) electrons. The van der Waals surface area contributed by atoms with Crippen LogP contribution >= 0.6 is 11.3 Å². The minimum Gasteiger partial charge on any atom is -0.310 e. The lowest BCUT2D eigenvalue weighted by molar-refractivity contribution is 0.662. The largest absolute Gasteiger partial charge is 0.310 e. The Morgan fingerprint density at radius 2 is 0.951 bits per heavy atom. The van der Waals surface area contributed by atoms with Crippen molar-refractivity contribution >= 4 is 48.6 Å².